The third-order valence-corrected chi connectivity index (χ3v) is 2.16. The molecule has 98 valence electrons. The summed E-state index contributed by atoms with van der Waals surface area (Å²) in [7, 11) is 1.56. The first-order valence-corrected chi connectivity index (χ1v) is 5.23. The number of nitrogens with one attached hydrogen (secondary N) is 1. The molecule has 0 aliphatic heterocycles. The number of ether oxygens (including phenoxy) is 1. The van der Waals surface area contributed by atoms with E-state index in [4.69, 9.17) is 10.5 Å². The first kappa shape index (κ1) is 13.8. The van der Waals surface area contributed by atoms with Crippen LogP contribution in [0.1, 0.15) is 16.8 Å². The van der Waals surface area contributed by atoms with Crippen LogP contribution >= 0.6 is 0 Å². The predicted molar refractivity (Wildman–Crippen MR) is 64.1 cm³/mol. The summed E-state index contributed by atoms with van der Waals surface area (Å²) in [6.45, 7) is 0.925. The van der Waals surface area contributed by atoms with Gasteiger partial charge in [0.25, 0.3) is 5.91 Å². The molecule has 8 heteroatoms. The zero-order valence-corrected chi connectivity index (χ0v) is 9.88. The number of amides is 1. The summed E-state index contributed by atoms with van der Waals surface area (Å²) in [4.78, 5) is 25.1. The number of methoxy groups -OCH3 is 1. The summed E-state index contributed by atoms with van der Waals surface area (Å²) in [5.41, 5.74) is 5.70. The van der Waals surface area contributed by atoms with Crippen LogP contribution in [0.2, 0.25) is 0 Å². The van der Waals surface area contributed by atoms with E-state index in [1.807, 2.05) is 0 Å². The molecule has 1 amide bonds. The second-order valence-corrected chi connectivity index (χ2v) is 3.49. The van der Waals surface area contributed by atoms with Crippen molar-refractivity contribution in [3.8, 4) is 0 Å². The SMILES string of the molecule is COCCCNC(=O)c1cc([N+](=O)[O-])ncc1N. The van der Waals surface area contributed by atoms with Gasteiger partial charge in [-0.05, 0) is 16.3 Å². The van der Waals surface area contributed by atoms with E-state index in [2.05, 4.69) is 10.3 Å². The van der Waals surface area contributed by atoms with E-state index < -0.39 is 16.6 Å². The Bertz CT molecular complexity index is 450. The van der Waals surface area contributed by atoms with Crippen molar-refractivity contribution in [2.45, 2.75) is 6.42 Å². The average molecular weight is 254 g/mol. The van der Waals surface area contributed by atoms with Crippen LogP contribution in [0.15, 0.2) is 12.3 Å². The zero-order chi connectivity index (χ0) is 13.5. The van der Waals surface area contributed by atoms with Gasteiger partial charge in [-0.2, -0.15) is 0 Å². The van der Waals surface area contributed by atoms with Crippen molar-refractivity contribution in [2.24, 2.45) is 0 Å². The lowest BCUT2D eigenvalue weighted by Crippen LogP contribution is -2.26. The van der Waals surface area contributed by atoms with Crippen LogP contribution in [0.4, 0.5) is 11.5 Å². The minimum atomic E-state index is -0.679. The van der Waals surface area contributed by atoms with Crippen molar-refractivity contribution in [2.75, 3.05) is 26.0 Å². The Hall–Kier alpha value is -2.22. The fourth-order valence-electron chi connectivity index (χ4n) is 1.27. The Morgan fingerprint density at radius 3 is 3.00 bits per heavy atom. The Kier molecular flexibility index (Phi) is 5.00. The zero-order valence-electron chi connectivity index (χ0n) is 9.88. The molecule has 8 nitrogen and oxygen atoms in total. The number of aromatic nitrogens is 1. The number of hydrogen-bond donors (Lipinski definition) is 2. The quantitative estimate of drug-likeness (QED) is 0.429. The van der Waals surface area contributed by atoms with Crippen molar-refractivity contribution in [1.29, 1.82) is 0 Å². The van der Waals surface area contributed by atoms with Gasteiger partial charge in [0.05, 0.1) is 17.3 Å². The van der Waals surface area contributed by atoms with Gasteiger partial charge >= 0.3 is 5.82 Å². The highest BCUT2D eigenvalue weighted by Gasteiger charge is 2.16. The Morgan fingerprint density at radius 1 is 1.67 bits per heavy atom. The summed E-state index contributed by atoms with van der Waals surface area (Å²) >= 11 is 0. The maximum absolute atomic E-state index is 11.7. The fraction of sp³-hybridized carbons (Fsp3) is 0.400. The highest BCUT2D eigenvalue weighted by Crippen LogP contribution is 2.16. The molecule has 0 aliphatic rings. The predicted octanol–water partition coefficient (Wildman–Crippen LogP) is 0.338. The number of rotatable bonds is 6. The largest absolute Gasteiger partial charge is 0.395 e. The third kappa shape index (κ3) is 3.67. The van der Waals surface area contributed by atoms with Crippen molar-refractivity contribution in [3.05, 3.63) is 27.9 Å². The van der Waals surface area contributed by atoms with E-state index in [1.54, 1.807) is 7.11 Å². The first-order chi connectivity index (χ1) is 8.56. The van der Waals surface area contributed by atoms with E-state index in [0.29, 0.717) is 19.6 Å². The lowest BCUT2D eigenvalue weighted by molar-refractivity contribution is -0.389. The highest BCUT2D eigenvalue weighted by atomic mass is 16.6. The van der Waals surface area contributed by atoms with Crippen molar-refractivity contribution >= 4 is 17.4 Å². The molecule has 0 unspecified atom stereocenters. The van der Waals surface area contributed by atoms with Crippen LogP contribution in [0.3, 0.4) is 0 Å². The Morgan fingerprint density at radius 2 is 2.39 bits per heavy atom. The highest BCUT2D eigenvalue weighted by molar-refractivity contribution is 5.99. The van der Waals surface area contributed by atoms with Gasteiger partial charge in [0.2, 0.25) is 0 Å². The van der Waals surface area contributed by atoms with E-state index in [-0.39, 0.29) is 11.3 Å². The smallest absolute Gasteiger partial charge is 0.364 e. The summed E-state index contributed by atoms with van der Waals surface area (Å²) < 4.78 is 4.83. The number of anilines is 1. The Balaban J connectivity index is 2.72. The summed E-state index contributed by atoms with van der Waals surface area (Å²) in [5, 5.41) is 13.1. The van der Waals surface area contributed by atoms with Gasteiger partial charge in [-0.1, -0.05) is 0 Å². The molecule has 0 saturated carbocycles. The fourth-order valence-corrected chi connectivity index (χ4v) is 1.27. The van der Waals surface area contributed by atoms with Gasteiger partial charge in [-0.25, -0.2) is 0 Å². The van der Waals surface area contributed by atoms with Gasteiger partial charge in [0.1, 0.15) is 0 Å². The molecule has 0 radical (unpaired) electrons. The molecule has 1 aromatic rings. The number of carbonyl (C=O) groups excluding carboxylic acids is 1. The van der Waals surface area contributed by atoms with Crippen LogP contribution in [0.25, 0.3) is 0 Å². The lowest BCUT2D eigenvalue weighted by Gasteiger charge is -2.06. The molecule has 0 aliphatic carbocycles. The van der Waals surface area contributed by atoms with Crippen LogP contribution in [-0.4, -0.2) is 36.1 Å². The number of hydrogen-bond acceptors (Lipinski definition) is 6. The first-order valence-electron chi connectivity index (χ1n) is 5.23. The molecule has 3 N–H and O–H groups in total. The van der Waals surface area contributed by atoms with E-state index in [1.165, 1.54) is 0 Å². The third-order valence-electron chi connectivity index (χ3n) is 2.16. The van der Waals surface area contributed by atoms with Crippen molar-refractivity contribution in [1.82, 2.24) is 10.3 Å². The minimum Gasteiger partial charge on any atom is -0.395 e. The van der Waals surface area contributed by atoms with Crippen molar-refractivity contribution < 1.29 is 14.5 Å². The minimum absolute atomic E-state index is 0.0501. The van der Waals surface area contributed by atoms with Gasteiger partial charge in [-0.15, -0.1) is 0 Å². The maximum atomic E-state index is 11.7. The standard InChI is InChI=1S/C10H14N4O4/c1-18-4-2-3-12-10(15)7-5-9(14(16)17)13-6-8(7)11/h5-6H,2-4,11H2,1H3,(H,12,15). The molecule has 0 saturated heterocycles. The average Bonchev–Trinajstić information content (AvgIpc) is 2.34. The van der Waals surface area contributed by atoms with E-state index in [9.17, 15) is 14.9 Å². The summed E-state index contributed by atoms with van der Waals surface area (Å²) in [6, 6.07) is 1.06. The molecule has 0 spiro atoms. The molecule has 0 atom stereocenters. The second kappa shape index (κ2) is 6.50. The monoisotopic (exact) mass is 254 g/mol. The number of nitrogens with zero attached hydrogens (tertiary/aromatic N) is 2. The molecule has 18 heavy (non-hydrogen) atoms. The van der Waals surface area contributed by atoms with Gasteiger partial charge in [0.15, 0.2) is 6.20 Å². The van der Waals surface area contributed by atoms with E-state index >= 15 is 0 Å². The second-order valence-electron chi connectivity index (χ2n) is 3.49. The van der Waals surface area contributed by atoms with Crippen molar-refractivity contribution in [3.63, 3.8) is 0 Å². The molecule has 0 fully saturated rings. The molecular formula is C10H14N4O4. The van der Waals surface area contributed by atoms with Crippen LogP contribution in [0, 0.1) is 10.1 Å². The summed E-state index contributed by atoms with van der Waals surface area (Å²) in [5.74, 6) is -0.875. The molecule has 0 bridgehead atoms. The van der Waals surface area contributed by atoms with Crippen LogP contribution in [-0.2, 0) is 4.74 Å². The normalized spacial score (nSPS) is 10.1. The number of nitrogens with two attached hydrogens (primary N) is 1. The van der Waals surface area contributed by atoms with Crippen LogP contribution in [0.5, 0.6) is 0 Å². The lowest BCUT2D eigenvalue weighted by atomic mass is 10.2. The van der Waals surface area contributed by atoms with Gasteiger partial charge < -0.3 is 25.9 Å². The topological polar surface area (TPSA) is 120 Å². The summed E-state index contributed by atoms with van der Waals surface area (Å²) in [6.07, 6.45) is 1.75. The number of nitro groups is 1. The molecule has 0 aromatic carbocycles. The number of nitrogen functional groups attached to an aromatic ring is 1. The van der Waals surface area contributed by atoms with Gasteiger partial charge in [-0.3, -0.25) is 4.79 Å². The molecule has 1 heterocycles. The molecular weight excluding hydrogens is 240 g/mol. The van der Waals surface area contributed by atoms with E-state index in [0.717, 1.165) is 12.3 Å². The Labute approximate surface area is 103 Å². The van der Waals surface area contributed by atoms with Crippen LogP contribution < -0.4 is 11.1 Å². The van der Waals surface area contributed by atoms with Gasteiger partial charge in [0, 0.05) is 20.3 Å². The molecule has 1 aromatic heterocycles. The number of carbonyl (C=O) groups is 1. The molecule has 1 rings (SSSR count). The number of pyridine rings is 1. The maximum Gasteiger partial charge on any atom is 0.364 e.